The van der Waals surface area contributed by atoms with E-state index in [0.29, 0.717) is 30.1 Å². The van der Waals surface area contributed by atoms with E-state index in [1.165, 1.54) is 19.3 Å². The topological polar surface area (TPSA) is 52.6 Å². The molecular formula is C21H34O4. The highest BCUT2D eigenvalue weighted by Gasteiger charge is 2.58. The molecule has 0 saturated heterocycles. The first-order valence-electron chi connectivity index (χ1n) is 9.96. The molecule has 0 N–H and O–H groups in total. The maximum Gasteiger partial charge on any atom is 0.350 e. The van der Waals surface area contributed by atoms with E-state index >= 15 is 0 Å². The van der Waals surface area contributed by atoms with Crippen LogP contribution < -0.4 is 0 Å². The molecular weight excluding hydrogens is 316 g/mol. The monoisotopic (exact) mass is 350 g/mol. The summed E-state index contributed by atoms with van der Waals surface area (Å²) in [7, 11) is 0. The van der Waals surface area contributed by atoms with Gasteiger partial charge >= 0.3 is 11.9 Å². The molecule has 0 heterocycles. The van der Waals surface area contributed by atoms with Crippen LogP contribution in [0.15, 0.2) is 0 Å². The molecule has 0 aromatic heterocycles. The zero-order chi connectivity index (χ0) is 18.6. The van der Waals surface area contributed by atoms with E-state index in [0.717, 1.165) is 12.8 Å². The first kappa shape index (κ1) is 18.7. The Labute approximate surface area is 152 Å². The minimum atomic E-state index is -1.24. The summed E-state index contributed by atoms with van der Waals surface area (Å²) in [4.78, 5) is 25.4. The number of carbonyl (C=O) groups excluding carboxylic acids is 2. The smallest absolute Gasteiger partial charge is 0.350 e. The van der Waals surface area contributed by atoms with E-state index < -0.39 is 11.0 Å². The van der Waals surface area contributed by atoms with Crippen LogP contribution in [0, 0.1) is 29.1 Å². The third kappa shape index (κ3) is 3.21. The number of hydrogen-bond acceptors (Lipinski definition) is 4. The molecule has 4 aliphatic rings. The maximum atomic E-state index is 12.9. The van der Waals surface area contributed by atoms with Crippen molar-refractivity contribution in [3.8, 4) is 0 Å². The fraction of sp³-hybridized carbons (Fsp3) is 0.905. The predicted molar refractivity (Wildman–Crippen MR) is 95.8 cm³/mol. The number of hydrogen-bond donors (Lipinski definition) is 0. The lowest BCUT2D eigenvalue weighted by Crippen LogP contribution is -2.59. The van der Waals surface area contributed by atoms with Gasteiger partial charge in [0.25, 0.3) is 0 Å². The third-order valence-electron chi connectivity index (χ3n) is 7.32. The molecule has 0 aromatic carbocycles. The lowest BCUT2D eigenvalue weighted by molar-refractivity contribution is -0.223. The summed E-state index contributed by atoms with van der Waals surface area (Å²) in [6, 6.07) is 0. The molecule has 0 radical (unpaired) electrons. The number of rotatable bonds is 5. The molecule has 3 atom stereocenters. The molecule has 0 aromatic rings. The SMILES string of the molecule is CCC(C)(C)C(=O)OC(C)(C)C(=O)OC12CC3CC(CC(C3)C1C)C2. The molecule has 142 valence electrons. The molecule has 25 heavy (non-hydrogen) atoms. The lowest BCUT2D eigenvalue weighted by Gasteiger charge is -2.59. The average Bonchev–Trinajstić information content (AvgIpc) is 2.51. The molecule has 4 rings (SSSR count). The van der Waals surface area contributed by atoms with Crippen LogP contribution >= 0.6 is 0 Å². The Balaban J connectivity index is 1.72. The molecule has 0 aliphatic heterocycles. The normalized spacial score (nSPS) is 37.0. The standard InChI is InChI=1S/C21H34O4/c1-7-19(3,4)17(22)24-20(5,6)18(23)25-21-11-14-8-15(12-21)10-16(9-14)13(21)2/h13-16H,7-12H2,1-6H3. The maximum absolute atomic E-state index is 12.9. The van der Waals surface area contributed by atoms with E-state index in [9.17, 15) is 9.59 Å². The van der Waals surface area contributed by atoms with E-state index in [2.05, 4.69) is 6.92 Å². The van der Waals surface area contributed by atoms with Crippen LogP contribution in [0.5, 0.6) is 0 Å². The fourth-order valence-corrected chi connectivity index (χ4v) is 5.26. The van der Waals surface area contributed by atoms with Gasteiger partial charge in [-0.2, -0.15) is 0 Å². The van der Waals surface area contributed by atoms with Crippen LogP contribution in [0.3, 0.4) is 0 Å². The van der Waals surface area contributed by atoms with Crippen LogP contribution in [0.4, 0.5) is 0 Å². The van der Waals surface area contributed by atoms with Gasteiger partial charge in [0.15, 0.2) is 0 Å². The summed E-state index contributed by atoms with van der Waals surface area (Å²) >= 11 is 0. The van der Waals surface area contributed by atoms with Crippen molar-refractivity contribution in [1.29, 1.82) is 0 Å². The Morgan fingerprint density at radius 3 is 2.08 bits per heavy atom. The minimum Gasteiger partial charge on any atom is -0.456 e. The van der Waals surface area contributed by atoms with Gasteiger partial charge in [-0.25, -0.2) is 4.79 Å². The van der Waals surface area contributed by atoms with Crippen molar-refractivity contribution >= 4 is 11.9 Å². The second-order valence-corrected chi connectivity index (χ2v) is 9.99. The Kier molecular flexibility index (Phi) is 4.49. The first-order valence-corrected chi connectivity index (χ1v) is 9.96. The van der Waals surface area contributed by atoms with E-state index in [1.807, 2.05) is 20.8 Å². The Hall–Kier alpha value is -1.06. The van der Waals surface area contributed by atoms with E-state index in [4.69, 9.17) is 9.47 Å². The highest BCUT2D eigenvalue weighted by Crippen LogP contribution is 2.60. The second-order valence-electron chi connectivity index (χ2n) is 9.99. The Morgan fingerprint density at radius 1 is 1.00 bits per heavy atom. The quantitative estimate of drug-likeness (QED) is 0.685. The third-order valence-corrected chi connectivity index (χ3v) is 7.32. The van der Waals surface area contributed by atoms with Gasteiger partial charge in [0.2, 0.25) is 5.60 Å². The Bertz CT molecular complexity index is 548. The Morgan fingerprint density at radius 2 is 1.56 bits per heavy atom. The van der Waals surface area contributed by atoms with Gasteiger partial charge in [-0.15, -0.1) is 0 Å². The largest absolute Gasteiger partial charge is 0.456 e. The van der Waals surface area contributed by atoms with Crippen molar-refractivity contribution in [3.63, 3.8) is 0 Å². The van der Waals surface area contributed by atoms with Crippen molar-refractivity contribution in [3.05, 3.63) is 0 Å². The summed E-state index contributed by atoms with van der Waals surface area (Å²) in [5.74, 6) is 1.76. The first-order chi connectivity index (χ1) is 11.5. The van der Waals surface area contributed by atoms with Gasteiger partial charge < -0.3 is 9.47 Å². The van der Waals surface area contributed by atoms with Gasteiger partial charge in [-0.3, -0.25) is 4.79 Å². The van der Waals surface area contributed by atoms with Crippen molar-refractivity contribution in [2.24, 2.45) is 29.1 Å². The molecule has 3 unspecified atom stereocenters. The molecule has 0 spiro atoms. The summed E-state index contributed by atoms with van der Waals surface area (Å²) < 4.78 is 11.7. The second kappa shape index (κ2) is 5.99. The molecule has 4 aliphatic carbocycles. The van der Waals surface area contributed by atoms with Crippen molar-refractivity contribution in [2.75, 3.05) is 0 Å². The van der Waals surface area contributed by atoms with Crippen molar-refractivity contribution < 1.29 is 19.1 Å². The van der Waals surface area contributed by atoms with Gasteiger partial charge in [-0.05, 0) is 89.9 Å². The van der Waals surface area contributed by atoms with Gasteiger partial charge in [0.05, 0.1) is 5.41 Å². The van der Waals surface area contributed by atoms with Gasteiger partial charge in [-0.1, -0.05) is 13.8 Å². The van der Waals surface area contributed by atoms with Crippen LogP contribution in [0.1, 0.15) is 80.1 Å². The molecule has 4 fully saturated rings. The van der Waals surface area contributed by atoms with Crippen LogP contribution in [0.2, 0.25) is 0 Å². The summed E-state index contributed by atoms with van der Waals surface area (Å²) in [5, 5.41) is 0. The van der Waals surface area contributed by atoms with Crippen molar-refractivity contribution in [2.45, 2.75) is 91.3 Å². The molecule has 4 saturated carbocycles. The fourth-order valence-electron chi connectivity index (χ4n) is 5.26. The van der Waals surface area contributed by atoms with Crippen molar-refractivity contribution in [1.82, 2.24) is 0 Å². The molecule has 0 amide bonds. The van der Waals surface area contributed by atoms with Crippen LogP contribution in [0.25, 0.3) is 0 Å². The zero-order valence-corrected chi connectivity index (χ0v) is 16.7. The predicted octanol–water partition coefficient (Wildman–Crippen LogP) is 4.50. The van der Waals surface area contributed by atoms with Gasteiger partial charge in [0, 0.05) is 0 Å². The molecule has 4 nitrogen and oxygen atoms in total. The highest BCUT2D eigenvalue weighted by atomic mass is 16.6. The summed E-state index contributed by atoms with van der Waals surface area (Å²) in [6.07, 6.45) is 6.52. The zero-order valence-electron chi connectivity index (χ0n) is 16.7. The average molecular weight is 350 g/mol. The number of ether oxygens (including phenoxy) is 2. The minimum absolute atomic E-state index is 0.337. The molecule has 4 heteroatoms. The highest BCUT2D eigenvalue weighted by molar-refractivity contribution is 5.84. The summed E-state index contributed by atoms with van der Waals surface area (Å²) in [6.45, 7) is 11.2. The lowest BCUT2D eigenvalue weighted by atomic mass is 9.50. The summed E-state index contributed by atoms with van der Waals surface area (Å²) in [5.41, 5.74) is -2.17. The number of esters is 2. The number of carbonyl (C=O) groups is 2. The van der Waals surface area contributed by atoms with E-state index in [-0.39, 0.29) is 17.5 Å². The van der Waals surface area contributed by atoms with Crippen LogP contribution in [-0.2, 0) is 19.1 Å². The van der Waals surface area contributed by atoms with E-state index in [1.54, 1.807) is 13.8 Å². The van der Waals surface area contributed by atoms with Crippen LogP contribution in [-0.4, -0.2) is 23.1 Å². The van der Waals surface area contributed by atoms with Gasteiger partial charge in [0.1, 0.15) is 5.60 Å². The molecule has 4 bridgehead atoms.